The summed E-state index contributed by atoms with van der Waals surface area (Å²) in [6, 6.07) is 0.587. The lowest BCUT2D eigenvalue weighted by Crippen LogP contribution is -2.45. The summed E-state index contributed by atoms with van der Waals surface area (Å²) in [5, 5.41) is 7.03. The number of hydrogen-bond donors (Lipinski definition) is 2. The van der Waals surface area contributed by atoms with Gasteiger partial charge in [-0.15, -0.1) is 24.0 Å². The van der Waals surface area contributed by atoms with Gasteiger partial charge < -0.3 is 20.1 Å². The van der Waals surface area contributed by atoms with Gasteiger partial charge >= 0.3 is 0 Å². The van der Waals surface area contributed by atoms with Crippen LogP contribution in [-0.2, 0) is 9.47 Å². The number of ether oxygens (including phenoxy) is 2. The third-order valence-corrected chi connectivity index (χ3v) is 5.32. The molecule has 154 valence electrons. The third-order valence-electron chi connectivity index (χ3n) is 5.32. The second-order valence-electron chi connectivity index (χ2n) is 7.45. The summed E-state index contributed by atoms with van der Waals surface area (Å²) >= 11 is 0. The number of aliphatic imine (C=N–C) groups is 1. The molecule has 1 saturated heterocycles. The summed E-state index contributed by atoms with van der Waals surface area (Å²) in [5.74, 6) is 1.93. The van der Waals surface area contributed by atoms with Crippen molar-refractivity contribution in [3.05, 3.63) is 0 Å². The number of rotatable bonds is 9. The second-order valence-corrected chi connectivity index (χ2v) is 7.45. The van der Waals surface area contributed by atoms with Crippen LogP contribution in [0.2, 0.25) is 0 Å². The molecule has 0 bridgehead atoms. The molecule has 0 radical (unpaired) electrons. The van der Waals surface area contributed by atoms with Gasteiger partial charge in [-0.25, -0.2) is 0 Å². The highest BCUT2D eigenvalue weighted by Gasteiger charge is 2.21. The van der Waals surface area contributed by atoms with Crippen molar-refractivity contribution in [1.82, 2.24) is 10.6 Å². The van der Waals surface area contributed by atoms with Crippen LogP contribution in [0.25, 0.3) is 0 Å². The molecule has 0 amide bonds. The Balaban J connectivity index is 0.00000338. The van der Waals surface area contributed by atoms with E-state index in [1.54, 1.807) is 0 Å². The zero-order valence-corrected chi connectivity index (χ0v) is 19.1. The normalized spacial score (nSPS) is 24.8. The van der Waals surface area contributed by atoms with Crippen molar-refractivity contribution in [3.63, 3.8) is 0 Å². The molecular formula is C20H40IN3O2. The SMILES string of the molecule is CCCC1CCC(NC(=NCCCOC2CCOCC2)NCC)CC1.I. The van der Waals surface area contributed by atoms with Gasteiger partial charge in [0.05, 0.1) is 6.10 Å². The first kappa shape index (κ1) is 24.0. The Bertz CT molecular complexity index is 368. The lowest BCUT2D eigenvalue weighted by atomic mass is 9.83. The Hall–Kier alpha value is -0.0800. The number of hydrogen-bond acceptors (Lipinski definition) is 3. The standard InChI is InChI=1S/C20H39N3O2.HI/c1-3-6-17-7-9-18(10-8-17)23-20(21-4-2)22-13-5-14-25-19-11-15-24-16-12-19;/h17-19H,3-16H2,1-2H3,(H2,21,22,23);1H. The van der Waals surface area contributed by atoms with Gasteiger partial charge in [0, 0.05) is 39.0 Å². The van der Waals surface area contributed by atoms with Crippen molar-refractivity contribution >= 4 is 29.9 Å². The molecule has 0 unspecified atom stereocenters. The molecule has 1 saturated carbocycles. The molecule has 2 fully saturated rings. The van der Waals surface area contributed by atoms with E-state index in [4.69, 9.17) is 14.5 Å². The van der Waals surface area contributed by atoms with E-state index in [1.807, 2.05) is 0 Å². The molecule has 0 aromatic rings. The van der Waals surface area contributed by atoms with Gasteiger partial charge in [-0.2, -0.15) is 0 Å². The van der Waals surface area contributed by atoms with E-state index in [-0.39, 0.29) is 24.0 Å². The molecule has 2 rings (SSSR count). The average molecular weight is 481 g/mol. The van der Waals surface area contributed by atoms with Gasteiger partial charge in [0.15, 0.2) is 5.96 Å². The molecule has 0 aromatic carbocycles. The summed E-state index contributed by atoms with van der Waals surface area (Å²) in [5.41, 5.74) is 0. The lowest BCUT2D eigenvalue weighted by Gasteiger charge is -2.30. The van der Waals surface area contributed by atoms with Gasteiger partial charge in [0.25, 0.3) is 0 Å². The lowest BCUT2D eigenvalue weighted by molar-refractivity contribution is -0.0318. The summed E-state index contributed by atoms with van der Waals surface area (Å²) in [6.07, 6.45) is 11.5. The summed E-state index contributed by atoms with van der Waals surface area (Å²) in [6.45, 7) is 8.65. The maximum Gasteiger partial charge on any atom is 0.191 e. The summed E-state index contributed by atoms with van der Waals surface area (Å²) < 4.78 is 11.3. The smallest absolute Gasteiger partial charge is 0.191 e. The summed E-state index contributed by atoms with van der Waals surface area (Å²) in [7, 11) is 0. The highest BCUT2D eigenvalue weighted by Crippen LogP contribution is 2.27. The molecular weight excluding hydrogens is 441 g/mol. The maximum atomic E-state index is 5.92. The van der Waals surface area contributed by atoms with E-state index < -0.39 is 0 Å². The largest absolute Gasteiger partial charge is 0.381 e. The predicted octanol–water partition coefficient (Wildman–Crippen LogP) is 4.10. The molecule has 0 spiro atoms. The van der Waals surface area contributed by atoms with E-state index in [9.17, 15) is 0 Å². The van der Waals surface area contributed by atoms with E-state index in [0.717, 1.165) is 64.1 Å². The third kappa shape index (κ3) is 9.74. The zero-order valence-electron chi connectivity index (χ0n) is 16.8. The molecule has 5 nitrogen and oxygen atoms in total. The van der Waals surface area contributed by atoms with Crippen LogP contribution in [0, 0.1) is 5.92 Å². The van der Waals surface area contributed by atoms with Gasteiger partial charge in [-0.3, -0.25) is 4.99 Å². The minimum atomic E-state index is 0. The minimum absolute atomic E-state index is 0. The molecule has 6 heteroatoms. The Kier molecular flexibility index (Phi) is 13.7. The Labute approximate surface area is 177 Å². The molecule has 1 heterocycles. The molecule has 26 heavy (non-hydrogen) atoms. The van der Waals surface area contributed by atoms with E-state index >= 15 is 0 Å². The Morgan fingerprint density at radius 3 is 2.46 bits per heavy atom. The minimum Gasteiger partial charge on any atom is -0.381 e. The second kappa shape index (κ2) is 14.9. The summed E-state index contributed by atoms with van der Waals surface area (Å²) in [4.78, 5) is 4.74. The van der Waals surface area contributed by atoms with Crippen LogP contribution in [0.5, 0.6) is 0 Å². The molecule has 2 N–H and O–H groups in total. The first-order valence-electron chi connectivity index (χ1n) is 10.6. The monoisotopic (exact) mass is 481 g/mol. The van der Waals surface area contributed by atoms with Gasteiger partial charge in [0.1, 0.15) is 0 Å². The van der Waals surface area contributed by atoms with Gasteiger partial charge in [-0.1, -0.05) is 19.8 Å². The fourth-order valence-electron chi connectivity index (χ4n) is 3.87. The fourth-order valence-corrected chi connectivity index (χ4v) is 3.87. The van der Waals surface area contributed by atoms with E-state index in [1.165, 1.54) is 38.5 Å². The van der Waals surface area contributed by atoms with Crippen LogP contribution in [0.1, 0.15) is 71.6 Å². The molecule has 2 aliphatic rings. The zero-order chi connectivity index (χ0) is 17.7. The van der Waals surface area contributed by atoms with Crippen LogP contribution in [0.15, 0.2) is 4.99 Å². The van der Waals surface area contributed by atoms with Gasteiger partial charge in [0.2, 0.25) is 0 Å². The van der Waals surface area contributed by atoms with Crippen molar-refractivity contribution in [1.29, 1.82) is 0 Å². The van der Waals surface area contributed by atoms with Crippen LogP contribution in [0.4, 0.5) is 0 Å². The fraction of sp³-hybridized carbons (Fsp3) is 0.950. The molecule has 0 aromatic heterocycles. The van der Waals surface area contributed by atoms with Crippen LogP contribution in [-0.4, -0.2) is 51.0 Å². The highest BCUT2D eigenvalue weighted by atomic mass is 127. The van der Waals surface area contributed by atoms with Crippen molar-refractivity contribution in [2.24, 2.45) is 10.9 Å². The van der Waals surface area contributed by atoms with Crippen LogP contribution >= 0.6 is 24.0 Å². The van der Waals surface area contributed by atoms with Crippen molar-refractivity contribution in [3.8, 4) is 0 Å². The topological polar surface area (TPSA) is 54.9 Å². The average Bonchev–Trinajstić information content (AvgIpc) is 2.64. The Morgan fingerprint density at radius 2 is 1.81 bits per heavy atom. The van der Waals surface area contributed by atoms with Crippen LogP contribution in [0.3, 0.4) is 0 Å². The van der Waals surface area contributed by atoms with E-state index in [0.29, 0.717) is 12.1 Å². The van der Waals surface area contributed by atoms with Crippen molar-refractivity contribution in [2.45, 2.75) is 83.8 Å². The number of guanidine groups is 1. The molecule has 1 aliphatic heterocycles. The van der Waals surface area contributed by atoms with Crippen LogP contribution < -0.4 is 10.6 Å². The maximum absolute atomic E-state index is 5.92. The molecule has 1 aliphatic carbocycles. The van der Waals surface area contributed by atoms with Gasteiger partial charge in [-0.05, 0) is 57.8 Å². The first-order valence-corrected chi connectivity index (χ1v) is 10.6. The number of nitrogens with one attached hydrogen (secondary N) is 2. The number of nitrogens with zero attached hydrogens (tertiary/aromatic N) is 1. The molecule has 0 atom stereocenters. The quantitative estimate of drug-likeness (QED) is 0.225. The number of halogens is 1. The highest BCUT2D eigenvalue weighted by molar-refractivity contribution is 14.0. The Morgan fingerprint density at radius 1 is 1.08 bits per heavy atom. The van der Waals surface area contributed by atoms with Crippen molar-refractivity contribution in [2.75, 3.05) is 32.9 Å². The van der Waals surface area contributed by atoms with Crippen molar-refractivity contribution < 1.29 is 9.47 Å². The van der Waals surface area contributed by atoms with E-state index in [2.05, 4.69) is 24.5 Å². The predicted molar refractivity (Wildman–Crippen MR) is 120 cm³/mol. The first-order chi connectivity index (χ1) is 12.3.